The first kappa shape index (κ1) is 23.2. The van der Waals surface area contributed by atoms with Crippen LogP contribution in [0.25, 0.3) is 0 Å². The fourth-order valence-corrected chi connectivity index (χ4v) is 1.92. The Labute approximate surface area is 184 Å². The number of methoxy groups -OCH3 is 1. The molecule has 0 aliphatic carbocycles. The van der Waals surface area contributed by atoms with Crippen molar-refractivity contribution in [2.75, 3.05) is 13.7 Å². The van der Waals surface area contributed by atoms with Gasteiger partial charge in [-0.3, -0.25) is 0 Å². The Bertz CT molecular complexity index is 680. The van der Waals surface area contributed by atoms with Gasteiger partial charge in [-0.05, 0) is 12.5 Å². The Kier molecular flexibility index (Phi) is 11.6. The predicted molar refractivity (Wildman–Crippen MR) is 117 cm³/mol. The molecule has 0 bridgehead atoms. The minimum atomic E-state index is -0.610. The molecule has 0 aliphatic rings. The summed E-state index contributed by atoms with van der Waals surface area (Å²) in [5.74, 6) is -1.22. The molecule has 2 aromatic rings. The van der Waals surface area contributed by atoms with Crippen LogP contribution in [0.15, 0.2) is 42.9 Å². The second kappa shape index (κ2) is 12.5. The van der Waals surface area contributed by atoms with Crippen molar-refractivity contribution in [1.29, 1.82) is 0 Å². The molecule has 0 fully saturated rings. The quantitative estimate of drug-likeness (QED) is 0.337. The topological polar surface area (TPSA) is 70.4 Å². The van der Waals surface area contributed by atoms with Crippen molar-refractivity contribution in [2.45, 2.75) is 13.0 Å². The number of nitrogens with zero attached hydrogens (tertiary/aromatic N) is 2. The molecule has 1 aromatic carbocycles. The van der Waals surface area contributed by atoms with E-state index >= 15 is 0 Å². The van der Waals surface area contributed by atoms with Gasteiger partial charge in [0.25, 0.3) is 0 Å². The molecule has 6 nitrogen and oxygen atoms in total. The van der Waals surface area contributed by atoms with Gasteiger partial charge in [0.15, 0.2) is 6.61 Å². The van der Waals surface area contributed by atoms with Gasteiger partial charge >= 0.3 is 76.8 Å². The Morgan fingerprint density at radius 1 is 1.24 bits per heavy atom. The molecule has 0 saturated carbocycles. The Morgan fingerprint density at radius 3 is 2.40 bits per heavy atom. The summed E-state index contributed by atoms with van der Waals surface area (Å²) >= 11 is 7.39. The molecular formula is C15H16I3N2O4V. The van der Waals surface area contributed by atoms with Crippen LogP contribution in [0.1, 0.15) is 29.0 Å². The van der Waals surface area contributed by atoms with Crippen LogP contribution in [0.5, 0.6) is 0 Å². The van der Waals surface area contributed by atoms with Crippen LogP contribution in [-0.4, -0.2) is 35.2 Å². The van der Waals surface area contributed by atoms with E-state index in [2.05, 4.69) is 69.7 Å². The van der Waals surface area contributed by atoms with Gasteiger partial charge in [-0.25, -0.2) is 14.6 Å². The number of hydrogen-bond donors (Lipinski definition) is 0. The first-order chi connectivity index (χ1) is 11.9. The number of rotatable bonds is 5. The van der Waals surface area contributed by atoms with Crippen LogP contribution < -0.4 is 0 Å². The normalized spacial score (nSPS) is 11.3. The standard InChI is InChI=1S/C15H16N2O4.3HI.V/c1-11(12-6-4-3-5-7-12)17-10-16-8-13(17)15(19)21-9-14(18)20-2;;;;/h3-8,10-11H,9H2,1-2H3;3*1H;/q;;;;+3/p-3/t11-;;;;/m1..../s1. The molecule has 0 unspecified atom stereocenters. The maximum absolute atomic E-state index is 12.0. The zero-order valence-electron chi connectivity index (χ0n) is 13.4. The van der Waals surface area contributed by atoms with Gasteiger partial charge in [0.2, 0.25) is 0 Å². The van der Waals surface area contributed by atoms with Gasteiger partial charge < -0.3 is 14.0 Å². The average molecular weight is 720 g/mol. The van der Waals surface area contributed by atoms with Crippen LogP contribution in [0.4, 0.5) is 0 Å². The summed E-state index contributed by atoms with van der Waals surface area (Å²) in [6.07, 6.45) is 2.98. The number of hydrogen-bond acceptors (Lipinski definition) is 5. The van der Waals surface area contributed by atoms with Gasteiger partial charge in [0.05, 0.1) is 25.7 Å². The molecule has 0 saturated heterocycles. The molecule has 1 aromatic heterocycles. The first-order valence-corrected chi connectivity index (χ1v) is 20.5. The van der Waals surface area contributed by atoms with E-state index in [1.165, 1.54) is 13.3 Å². The molecule has 1 atom stereocenters. The van der Waals surface area contributed by atoms with Gasteiger partial charge in [-0.2, -0.15) is 0 Å². The third kappa shape index (κ3) is 8.58. The first-order valence-electron chi connectivity index (χ1n) is 6.95. The Hall–Kier alpha value is 0.144. The number of imidazole rings is 1. The third-order valence-electron chi connectivity index (χ3n) is 3.12. The average Bonchev–Trinajstić information content (AvgIpc) is 3.08. The van der Waals surface area contributed by atoms with Crippen molar-refractivity contribution in [2.24, 2.45) is 0 Å². The summed E-state index contributed by atoms with van der Waals surface area (Å²) in [6.45, 7) is 1.54. The van der Waals surface area contributed by atoms with Crippen LogP contribution in [-0.2, 0) is 19.2 Å². The Morgan fingerprint density at radius 2 is 1.84 bits per heavy atom. The molecular weight excluding hydrogens is 704 g/mol. The molecule has 25 heavy (non-hydrogen) atoms. The van der Waals surface area contributed by atoms with E-state index in [9.17, 15) is 9.59 Å². The van der Waals surface area contributed by atoms with E-state index in [1.807, 2.05) is 37.3 Å². The molecule has 0 amide bonds. The van der Waals surface area contributed by atoms with E-state index in [-0.39, 0.29) is 16.7 Å². The van der Waals surface area contributed by atoms with Crippen LogP contribution in [0, 0.1) is 0 Å². The van der Waals surface area contributed by atoms with E-state index < -0.39 is 18.5 Å². The van der Waals surface area contributed by atoms with Crippen molar-refractivity contribution < 1.29 is 24.0 Å². The van der Waals surface area contributed by atoms with Crippen molar-refractivity contribution in [3.05, 3.63) is 54.1 Å². The fraction of sp³-hybridized carbons (Fsp3) is 0.267. The maximum atomic E-state index is 12.0. The van der Waals surface area contributed by atoms with Crippen molar-refractivity contribution in [1.82, 2.24) is 9.55 Å². The summed E-state index contributed by atoms with van der Waals surface area (Å²) in [5, 5.41) is 0. The second-order valence-electron chi connectivity index (χ2n) is 4.62. The Balaban J connectivity index is 0.000000705. The van der Waals surface area contributed by atoms with E-state index in [4.69, 9.17) is 4.74 Å². The summed E-state index contributed by atoms with van der Waals surface area (Å²) < 4.78 is 11.0. The van der Waals surface area contributed by atoms with Crippen molar-refractivity contribution in [3.8, 4) is 0 Å². The number of halogens is 3. The van der Waals surface area contributed by atoms with Crippen LogP contribution in [0.2, 0.25) is 0 Å². The second-order valence-corrected chi connectivity index (χ2v) is 40.0. The summed E-state index contributed by atoms with van der Waals surface area (Å²) in [5.41, 5.74) is 1.33. The third-order valence-corrected chi connectivity index (χ3v) is 3.12. The van der Waals surface area contributed by atoms with E-state index in [0.29, 0.717) is 0 Å². The minimum absolute atomic E-state index is 0.0747. The summed E-state index contributed by atoms with van der Waals surface area (Å²) in [4.78, 5) is 26.7. The van der Waals surface area contributed by atoms with Gasteiger partial charge in [0, 0.05) is 0 Å². The number of ether oxygens (including phenoxy) is 2. The van der Waals surface area contributed by atoms with Gasteiger partial charge in [0.1, 0.15) is 5.69 Å². The molecule has 0 spiro atoms. The number of carbonyl (C=O) groups is 2. The molecule has 10 heteroatoms. The van der Waals surface area contributed by atoms with E-state index in [0.717, 1.165) is 5.56 Å². The predicted octanol–water partition coefficient (Wildman–Crippen LogP) is 4.48. The number of aromatic nitrogens is 2. The summed E-state index contributed by atoms with van der Waals surface area (Å²) in [7, 11) is 1.23. The summed E-state index contributed by atoms with van der Waals surface area (Å²) in [6, 6.07) is 9.64. The number of carbonyl (C=O) groups excluding carboxylic acids is 2. The zero-order chi connectivity index (χ0) is 18.8. The monoisotopic (exact) mass is 720 g/mol. The van der Waals surface area contributed by atoms with Gasteiger partial charge in [-0.15, -0.1) is 0 Å². The number of benzene rings is 1. The molecule has 0 aliphatic heterocycles. The molecule has 0 radical (unpaired) electrons. The molecule has 2 rings (SSSR count). The van der Waals surface area contributed by atoms with Crippen molar-refractivity contribution in [3.63, 3.8) is 0 Å². The van der Waals surface area contributed by atoms with E-state index in [1.54, 1.807) is 10.9 Å². The van der Waals surface area contributed by atoms with Crippen molar-refractivity contribution >= 4 is 71.9 Å². The molecule has 1 heterocycles. The number of esters is 2. The molecule has 0 N–H and O–H groups in total. The molecule has 136 valence electrons. The fourth-order valence-electron chi connectivity index (χ4n) is 1.92. The van der Waals surface area contributed by atoms with Crippen LogP contribution >= 0.6 is 59.9 Å². The van der Waals surface area contributed by atoms with Gasteiger partial charge in [-0.1, -0.05) is 30.3 Å². The zero-order valence-corrected chi connectivity index (χ0v) is 21.3. The SMILES string of the molecule is COC(=O)COC(=O)c1cncn1[C@H](C)c1ccccc1.[I][V]([I])[I]. The van der Waals surface area contributed by atoms with Crippen LogP contribution in [0.3, 0.4) is 0 Å².